The Balaban J connectivity index is 0.00000280. The van der Waals surface area contributed by atoms with Gasteiger partial charge in [-0.1, -0.05) is 12.1 Å². The second kappa shape index (κ2) is 9.61. The van der Waals surface area contributed by atoms with Gasteiger partial charge in [-0.25, -0.2) is 9.78 Å². The number of nitrogens with zero attached hydrogens (tertiary/aromatic N) is 2. The van der Waals surface area contributed by atoms with Gasteiger partial charge < -0.3 is 19.7 Å². The van der Waals surface area contributed by atoms with Gasteiger partial charge in [-0.3, -0.25) is 0 Å². The Morgan fingerprint density at radius 1 is 1.21 bits per heavy atom. The van der Waals surface area contributed by atoms with Gasteiger partial charge in [0.2, 0.25) is 0 Å². The minimum absolute atomic E-state index is 0. The van der Waals surface area contributed by atoms with Crippen LogP contribution in [0.25, 0.3) is 10.2 Å². The molecule has 0 aliphatic carbocycles. The van der Waals surface area contributed by atoms with E-state index in [-0.39, 0.29) is 24.5 Å². The number of fused-ring (bicyclic) bond motifs is 1. The quantitative estimate of drug-likeness (QED) is 0.629. The second-order valence-electron chi connectivity index (χ2n) is 6.21. The van der Waals surface area contributed by atoms with Gasteiger partial charge in [-0.2, -0.15) is 0 Å². The fraction of sp³-hybridized carbons (Fsp3) is 0.300. The molecule has 0 spiro atoms. The summed E-state index contributed by atoms with van der Waals surface area (Å²) in [5, 5.41) is 3.91. The summed E-state index contributed by atoms with van der Waals surface area (Å²) >= 11 is 1.60. The van der Waals surface area contributed by atoms with E-state index >= 15 is 0 Å². The zero-order chi connectivity index (χ0) is 19.4. The van der Waals surface area contributed by atoms with E-state index in [0.29, 0.717) is 12.3 Å². The van der Waals surface area contributed by atoms with Crippen molar-refractivity contribution in [3.05, 3.63) is 53.0 Å². The number of benzene rings is 2. The number of amides is 2. The number of carbonyl (C=O) groups is 1. The van der Waals surface area contributed by atoms with E-state index in [9.17, 15) is 4.79 Å². The van der Waals surface area contributed by atoms with Crippen molar-refractivity contribution in [1.82, 2.24) is 15.2 Å². The van der Waals surface area contributed by atoms with Gasteiger partial charge in [0.15, 0.2) is 0 Å². The predicted octanol–water partition coefficient (Wildman–Crippen LogP) is 4.64. The molecule has 8 heteroatoms. The van der Waals surface area contributed by atoms with E-state index in [2.05, 4.69) is 10.3 Å². The van der Waals surface area contributed by atoms with Crippen molar-refractivity contribution in [3.8, 4) is 11.5 Å². The fourth-order valence-corrected chi connectivity index (χ4v) is 3.83. The van der Waals surface area contributed by atoms with Gasteiger partial charge in [0.05, 0.1) is 37.0 Å². The molecule has 6 nitrogen and oxygen atoms in total. The van der Waals surface area contributed by atoms with Gasteiger partial charge in [0.1, 0.15) is 16.5 Å². The van der Waals surface area contributed by atoms with Crippen molar-refractivity contribution >= 4 is 40.0 Å². The number of aromatic nitrogens is 1. The lowest BCUT2D eigenvalue weighted by Crippen LogP contribution is -2.38. The highest BCUT2D eigenvalue weighted by Gasteiger charge is 2.18. The number of nitrogens with one attached hydrogen (secondary N) is 1. The second-order valence-corrected chi connectivity index (χ2v) is 7.33. The topological polar surface area (TPSA) is 63.7 Å². The molecule has 2 aromatic carbocycles. The van der Waals surface area contributed by atoms with Crippen molar-refractivity contribution in [1.29, 1.82) is 0 Å². The largest absolute Gasteiger partial charge is 0.497 e. The van der Waals surface area contributed by atoms with Crippen LogP contribution < -0.4 is 14.8 Å². The van der Waals surface area contributed by atoms with Gasteiger partial charge in [-0.15, -0.1) is 23.7 Å². The number of halogens is 1. The molecule has 0 fully saturated rings. The third kappa shape index (κ3) is 4.85. The molecule has 28 heavy (non-hydrogen) atoms. The van der Waals surface area contributed by atoms with Crippen LogP contribution in [0.1, 0.15) is 23.5 Å². The van der Waals surface area contributed by atoms with Gasteiger partial charge >= 0.3 is 6.03 Å². The molecular formula is C20H24ClN3O3S. The molecule has 0 aliphatic heterocycles. The van der Waals surface area contributed by atoms with Crippen molar-refractivity contribution in [2.45, 2.75) is 19.5 Å². The molecular weight excluding hydrogens is 398 g/mol. The molecule has 1 N–H and O–H groups in total. The monoisotopic (exact) mass is 421 g/mol. The van der Waals surface area contributed by atoms with Crippen LogP contribution in [0.5, 0.6) is 11.5 Å². The first kappa shape index (κ1) is 21.8. The lowest BCUT2D eigenvalue weighted by molar-refractivity contribution is 0.203. The molecule has 0 saturated heterocycles. The van der Waals surface area contributed by atoms with E-state index in [1.807, 2.05) is 49.4 Å². The lowest BCUT2D eigenvalue weighted by atomic mass is 10.1. The Morgan fingerprint density at radius 2 is 1.96 bits per heavy atom. The summed E-state index contributed by atoms with van der Waals surface area (Å²) in [7, 11) is 4.98. The van der Waals surface area contributed by atoms with Crippen LogP contribution in [-0.4, -0.2) is 37.2 Å². The van der Waals surface area contributed by atoms with Gasteiger partial charge in [0, 0.05) is 12.6 Å². The maximum Gasteiger partial charge on any atom is 0.317 e. The maximum absolute atomic E-state index is 12.6. The number of carbonyl (C=O) groups excluding carboxylic acids is 1. The molecule has 1 atom stereocenters. The molecule has 150 valence electrons. The van der Waals surface area contributed by atoms with E-state index in [1.54, 1.807) is 37.5 Å². The van der Waals surface area contributed by atoms with Crippen molar-refractivity contribution < 1.29 is 14.3 Å². The first-order valence-corrected chi connectivity index (χ1v) is 9.41. The highest BCUT2D eigenvalue weighted by atomic mass is 35.5. The number of para-hydroxylation sites is 1. The van der Waals surface area contributed by atoms with Crippen LogP contribution >= 0.6 is 23.7 Å². The molecule has 1 unspecified atom stereocenters. The fourth-order valence-electron chi connectivity index (χ4n) is 2.81. The Hall–Kier alpha value is -2.51. The van der Waals surface area contributed by atoms with E-state index in [1.165, 1.54) is 0 Å². The van der Waals surface area contributed by atoms with Crippen LogP contribution in [0.2, 0.25) is 0 Å². The summed E-state index contributed by atoms with van der Waals surface area (Å²) in [6, 6.07) is 13.1. The third-order valence-electron chi connectivity index (χ3n) is 4.30. The maximum atomic E-state index is 12.6. The molecule has 0 bridgehead atoms. The average Bonchev–Trinajstić information content (AvgIpc) is 3.09. The van der Waals surface area contributed by atoms with E-state index < -0.39 is 0 Å². The van der Waals surface area contributed by atoms with Crippen LogP contribution in [0, 0.1) is 0 Å². The number of thiazole rings is 1. The molecule has 0 aliphatic rings. The molecule has 0 radical (unpaired) electrons. The number of ether oxygens (including phenoxy) is 2. The molecule has 1 heterocycles. The molecule has 3 aromatic rings. The third-order valence-corrected chi connectivity index (χ3v) is 5.32. The van der Waals surface area contributed by atoms with Crippen LogP contribution in [0.15, 0.2) is 42.5 Å². The van der Waals surface area contributed by atoms with Crippen molar-refractivity contribution in [3.63, 3.8) is 0 Å². The molecule has 1 aromatic heterocycles. The summed E-state index contributed by atoms with van der Waals surface area (Å²) in [6.07, 6.45) is 0. The Labute approximate surface area is 174 Å². The lowest BCUT2D eigenvalue weighted by Gasteiger charge is -2.22. The summed E-state index contributed by atoms with van der Waals surface area (Å²) in [5.41, 5.74) is 1.82. The SMILES string of the molecule is COc1ccc(OC)c(C(C)NC(=O)N(C)Cc2nc3ccccc3s2)c1.Cl. The van der Waals surface area contributed by atoms with Gasteiger partial charge in [0.25, 0.3) is 0 Å². The minimum atomic E-state index is -0.236. The Kier molecular flexibility index (Phi) is 7.48. The summed E-state index contributed by atoms with van der Waals surface area (Å²) in [4.78, 5) is 18.8. The minimum Gasteiger partial charge on any atom is -0.497 e. The first-order valence-electron chi connectivity index (χ1n) is 8.60. The number of hydrogen-bond donors (Lipinski definition) is 1. The number of urea groups is 1. The summed E-state index contributed by atoms with van der Waals surface area (Å²) < 4.78 is 11.8. The van der Waals surface area contributed by atoms with Crippen molar-refractivity contribution in [2.24, 2.45) is 0 Å². The number of methoxy groups -OCH3 is 2. The van der Waals surface area contributed by atoms with Gasteiger partial charge in [-0.05, 0) is 37.3 Å². The van der Waals surface area contributed by atoms with E-state index in [4.69, 9.17) is 9.47 Å². The Morgan fingerprint density at radius 3 is 2.64 bits per heavy atom. The first-order chi connectivity index (χ1) is 13.0. The molecule has 0 saturated carbocycles. The average molecular weight is 422 g/mol. The standard InChI is InChI=1S/C20H23N3O3S.ClH/c1-13(15-11-14(25-3)9-10-17(15)26-4)21-20(24)23(2)12-19-22-16-7-5-6-8-18(16)27-19;/h5-11,13H,12H2,1-4H3,(H,21,24);1H. The number of hydrogen-bond acceptors (Lipinski definition) is 5. The molecule has 2 amide bonds. The predicted molar refractivity (Wildman–Crippen MR) is 115 cm³/mol. The van der Waals surface area contributed by atoms with Crippen molar-refractivity contribution in [2.75, 3.05) is 21.3 Å². The summed E-state index contributed by atoms with van der Waals surface area (Å²) in [6.45, 7) is 2.37. The number of rotatable bonds is 6. The van der Waals surface area contributed by atoms with Crippen LogP contribution in [0.3, 0.4) is 0 Å². The highest BCUT2D eigenvalue weighted by Crippen LogP contribution is 2.29. The zero-order valence-corrected chi connectivity index (χ0v) is 17.9. The Bertz CT molecular complexity index is 914. The zero-order valence-electron chi connectivity index (χ0n) is 16.3. The van der Waals surface area contributed by atoms with E-state index in [0.717, 1.165) is 26.5 Å². The normalized spacial score (nSPS) is 11.4. The smallest absolute Gasteiger partial charge is 0.317 e. The summed E-state index contributed by atoms with van der Waals surface area (Å²) in [5.74, 6) is 1.42. The highest BCUT2D eigenvalue weighted by molar-refractivity contribution is 7.18. The molecule has 3 rings (SSSR count). The van der Waals surface area contributed by atoms with Crippen LogP contribution in [-0.2, 0) is 6.54 Å². The van der Waals surface area contributed by atoms with Crippen LogP contribution in [0.4, 0.5) is 4.79 Å².